The van der Waals surface area contributed by atoms with Crippen LogP contribution in [0.25, 0.3) is 0 Å². The molecule has 100 valence electrons. The van der Waals surface area contributed by atoms with Crippen molar-refractivity contribution in [3.63, 3.8) is 0 Å². The van der Waals surface area contributed by atoms with Crippen molar-refractivity contribution in [1.29, 1.82) is 0 Å². The molecule has 0 aliphatic heterocycles. The Labute approximate surface area is 114 Å². The van der Waals surface area contributed by atoms with Crippen molar-refractivity contribution < 1.29 is 9.47 Å². The third-order valence-corrected chi connectivity index (χ3v) is 2.73. The van der Waals surface area contributed by atoms with Crippen LogP contribution in [0.5, 0.6) is 11.5 Å². The molecule has 3 nitrogen and oxygen atoms in total. The zero-order chi connectivity index (χ0) is 13.5. The number of hydrogen-bond acceptors (Lipinski definition) is 3. The van der Waals surface area contributed by atoms with E-state index in [-0.39, 0.29) is 0 Å². The molecule has 19 heavy (non-hydrogen) atoms. The largest absolute Gasteiger partial charge is 0.457 e. The van der Waals surface area contributed by atoms with Crippen molar-refractivity contribution >= 4 is 5.69 Å². The number of ether oxygens (including phenoxy) is 2. The molecule has 2 aromatic carbocycles. The lowest BCUT2D eigenvalue weighted by Gasteiger charge is -2.19. The predicted octanol–water partition coefficient (Wildman–Crippen LogP) is 3.91. The van der Waals surface area contributed by atoms with Gasteiger partial charge in [0.15, 0.2) is 0 Å². The summed E-state index contributed by atoms with van der Waals surface area (Å²) in [5, 5.41) is 0. The molecule has 0 saturated heterocycles. The second-order valence-electron chi connectivity index (χ2n) is 4.23. The maximum absolute atomic E-state index is 5.81. The van der Waals surface area contributed by atoms with E-state index in [1.165, 1.54) is 0 Å². The number of para-hydroxylation sites is 1. The van der Waals surface area contributed by atoms with E-state index < -0.39 is 0 Å². The van der Waals surface area contributed by atoms with E-state index in [1.54, 1.807) is 0 Å². The lowest BCUT2D eigenvalue weighted by Crippen LogP contribution is -2.20. The van der Waals surface area contributed by atoms with Crippen LogP contribution in [-0.4, -0.2) is 20.4 Å². The Morgan fingerprint density at radius 1 is 0.947 bits per heavy atom. The van der Waals surface area contributed by atoms with E-state index in [1.807, 2.05) is 73.5 Å². The van der Waals surface area contributed by atoms with Gasteiger partial charge in [0.25, 0.3) is 0 Å². The second kappa shape index (κ2) is 6.81. The lowest BCUT2D eigenvalue weighted by atomic mass is 10.3. The molecule has 0 N–H and O–H groups in total. The minimum absolute atomic E-state index is 0.575. The highest BCUT2D eigenvalue weighted by Gasteiger charge is 2.03. The third-order valence-electron chi connectivity index (χ3n) is 2.73. The topological polar surface area (TPSA) is 21.7 Å². The SMILES string of the molecule is CCOCN(C)c1cccc(Oc2ccccc2)c1. The van der Waals surface area contributed by atoms with Gasteiger partial charge in [-0.15, -0.1) is 0 Å². The van der Waals surface area contributed by atoms with Crippen LogP contribution in [0.3, 0.4) is 0 Å². The molecule has 0 saturated carbocycles. The van der Waals surface area contributed by atoms with Gasteiger partial charge in [0.2, 0.25) is 0 Å². The average Bonchev–Trinajstić information content (AvgIpc) is 2.46. The molecular formula is C16H19NO2. The fourth-order valence-corrected chi connectivity index (χ4v) is 1.71. The molecule has 0 heterocycles. The van der Waals surface area contributed by atoms with E-state index in [0.717, 1.165) is 17.2 Å². The molecule has 0 aliphatic carbocycles. The van der Waals surface area contributed by atoms with Crippen LogP contribution < -0.4 is 9.64 Å². The summed E-state index contributed by atoms with van der Waals surface area (Å²) in [4.78, 5) is 2.04. The zero-order valence-corrected chi connectivity index (χ0v) is 11.4. The van der Waals surface area contributed by atoms with Gasteiger partial charge in [-0.1, -0.05) is 24.3 Å². The van der Waals surface area contributed by atoms with Crippen LogP contribution in [0.1, 0.15) is 6.92 Å². The highest BCUT2D eigenvalue weighted by Crippen LogP contribution is 2.25. The molecule has 0 spiro atoms. The summed E-state index contributed by atoms with van der Waals surface area (Å²) in [5.41, 5.74) is 1.07. The summed E-state index contributed by atoms with van der Waals surface area (Å²) in [6.45, 7) is 3.28. The first kappa shape index (κ1) is 13.4. The van der Waals surface area contributed by atoms with Crippen LogP contribution in [-0.2, 0) is 4.74 Å². The molecule has 0 fully saturated rings. The van der Waals surface area contributed by atoms with Crippen LogP contribution in [0.15, 0.2) is 54.6 Å². The normalized spacial score (nSPS) is 10.2. The van der Waals surface area contributed by atoms with Gasteiger partial charge in [0.05, 0.1) is 0 Å². The number of nitrogens with zero attached hydrogens (tertiary/aromatic N) is 1. The first-order valence-corrected chi connectivity index (χ1v) is 6.41. The third kappa shape index (κ3) is 4.00. The Morgan fingerprint density at radius 3 is 2.42 bits per heavy atom. The minimum Gasteiger partial charge on any atom is -0.457 e. The van der Waals surface area contributed by atoms with Crippen LogP contribution in [0, 0.1) is 0 Å². The van der Waals surface area contributed by atoms with E-state index in [0.29, 0.717) is 13.3 Å². The molecule has 0 bridgehead atoms. The van der Waals surface area contributed by atoms with E-state index in [4.69, 9.17) is 9.47 Å². The summed E-state index contributed by atoms with van der Waals surface area (Å²) in [7, 11) is 2.00. The van der Waals surface area contributed by atoms with Crippen molar-refractivity contribution in [3.05, 3.63) is 54.6 Å². The maximum Gasteiger partial charge on any atom is 0.129 e. The number of rotatable bonds is 6. The first-order valence-electron chi connectivity index (χ1n) is 6.41. The fourth-order valence-electron chi connectivity index (χ4n) is 1.71. The molecule has 0 aromatic heterocycles. The van der Waals surface area contributed by atoms with Crippen molar-refractivity contribution in [2.75, 3.05) is 25.3 Å². The zero-order valence-electron chi connectivity index (χ0n) is 11.4. The summed E-state index contributed by atoms with van der Waals surface area (Å²) in [5.74, 6) is 1.67. The minimum atomic E-state index is 0.575. The smallest absolute Gasteiger partial charge is 0.129 e. The number of hydrogen-bond donors (Lipinski definition) is 0. The molecule has 2 aromatic rings. The van der Waals surface area contributed by atoms with Crippen LogP contribution in [0.4, 0.5) is 5.69 Å². The summed E-state index contributed by atoms with van der Waals surface area (Å²) in [6, 6.07) is 17.7. The Balaban J connectivity index is 2.06. The van der Waals surface area contributed by atoms with Crippen molar-refractivity contribution in [2.45, 2.75) is 6.92 Å². The molecule has 0 radical (unpaired) electrons. The summed E-state index contributed by atoms with van der Waals surface area (Å²) >= 11 is 0. The Morgan fingerprint density at radius 2 is 1.68 bits per heavy atom. The Bertz CT molecular complexity index is 499. The van der Waals surface area contributed by atoms with Crippen LogP contribution in [0.2, 0.25) is 0 Å². The first-order chi connectivity index (χ1) is 9.29. The van der Waals surface area contributed by atoms with Gasteiger partial charge in [-0.2, -0.15) is 0 Å². The van der Waals surface area contributed by atoms with E-state index in [9.17, 15) is 0 Å². The predicted molar refractivity (Wildman–Crippen MR) is 77.9 cm³/mol. The van der Waals surface area contributed by atoms with Crippen molar-refractivity contribution in [1.82, 2.24) is 0 Å². The summed E-state index contributed by atoms with van der Waals surface area (Å²) in [6.07, 6.45) is 0. The molecule has 0 aliphatic rings. The van der Waals surface area contributed by atoms with Gasteiger partial charge in [0.1, 0.15) is 18.2 Å². The molecule has 0 amide bonds. The highest BCUT2D eigenvalue weighted by molar-refractivity contribution is 5.50. The van der Waals surface area contributed by atoms with Gasteiger partial charge in [-0.25, -0.2) is 0 Å². The molecule has 0 unspecified atom stereocenters. The monoisotopic (exact) mass is 257 g/mol. The van der Waals surface area contributed by atoms with Gasteiger partial charge < -0.3 is 14.4 Å². The standard InChI is InChI=1S/C16H19NO2/c1-3-18-13-17(2)14-8-7-11-16(12-14)19-15-9-5-4-6-10-15/h4-12H,3,13H2,1-2H3. The Hall–Kier alpha value is -2.00. The number of anilines is 1. The lowest BCUT2D eigenvalue weighted by molar-refractivity contribution is 0.151. The van der Waals surface area contributed by atoms with Gasteiger partial charge in [0, 0.05) is 25.4 Å². The quantitative estimate of drug-likeness (QED) is 0.732. The average molecular weight is 257 g/mol. The molecule has 2 rings (SSSR count). The number of benzene rings is 2. The van der Waals surface area contributed by atoms with E-state index >= 15 is 0 Å². The van der Waals surface area contributed by atoms with Gasteiger partial charge in [-0.05, 0) is 31.2 Å². The molecular weight excluding hydrogens is 238 g/mol. The maximum atomic E-state index is 5.81. The van der Waals surface area contributed by atoms with Crippen molar-refractivity contribution in [2.24, 2.45) is 0 Å². The second-order valence-corrected chi connectivity index (χ2v) is 4.23. The van der Waals surface area contributed by atoms with Crippen molar-refractivity contribution in [3.8, 4) is 11.5 Å². The van der Waals surface area contributed by atoms with Gasteiger partial charge >= 0.3 is 0 Å². The fraction of sp³-hybridized carbons (Fsp3) is 0.250. The van der Waals surface area contributed by atoms with Crippen LogP contribution >= 0.6 is 0 Å². The molecule has 0 atom stereocenters. The Kier molecular flexibility index (Phi) is 4.81. The summed E-state index contributed by atoms with van der Waals surface area (Å²) < 4.78 is 11.2. The molecule has 3 heteroatoms. The highest BCUT2D eigenvalue weighted by atomic mass is 16.5. The van der Waals surface area contributed by atoms with Gasteiger partial charge in [-0.3, -0.25) is 0 Å². The van der Waals surface area contributed by atoms with E-state index in [2.05, 4.69) is 0 Å².